The zero-order valence-corrected chi connectivity index (χ0v) is 10.9. The van der Waals surface area contributed by atoms with Gasteiger partial charge in [-0.2, -0.15) is 0 Å². The van der Waals surface area contributed by atoms with E-state index in [1.165, 1.54) is 4.90 Å². The number of amides is 1. The van der Waals surface area contributed by atoms with E-state index >= 15 is 0 Å². The van der Waals surface area contributed by atoms with Crippen molar-refractivity contribution in [2.45, 2.75) is 52.2 Å². The summed E-state index contributed by atoms with van der Waals surface area (Å²) in [4.78, 5) is 24.1. The van der Waals surface area contributed by atoms with Gasteiger partial charge in [-0.1, -0.05) is 0 Å². The number of hydrogen-bond acceptors (Lipinski definition) is 3. The minimum absolute atomic E-state index is 0.164. The fraction of sp³-hybridized carbons (Fsp3) is 0.818. The predicted octanol–water partition coefficient (Wildman–Crippen LogP) is 0.695. The second-order valence-corrected chi connectivity index (χ2v) is 5.09. The minimum atomic E-state index is -0.932. The minimum Gasteiger partial charge on any atom is -0.480 e. The van der Waals surface area contributed by atoms with Crippen LogP contribution in [0.3, 0.4) is 0 Å². The van der Waals surface area contributed by atoms with Gasteiger partial charge < -0.3 is 10.4 Å². The standard InChI is InChI=1S/C11H22N2O3/c1-7(9(14)12-11(3,4)5)13(6)8(2)10(15)16/h7-8H,1-6H3,(H,12,14)(H,15,16). The summed E-state index contributed by atoms with van der Waals surface area (Å²) in [6.45, 7) is 8.92. The van der Waals surface area contributed by atoms with Crippen LogP contribution in [0.2, 0.25) is 0 Å². The van der Waals surface area contributed by atoms with Gasteiger partial charge in [-0.3, -0.25) is 14.5 Å². The van der Waals surface area contributed by atoms with Crippen molar-refractivity contribution in [2.75, 3.05) is 7.05 Å². The lowest BCUT2D eigenvalue weighted by atomic mass is 10.1. The van der Waals surface area contributed by atoms with E-state index in [0.717, 1.165) is 0 Å². The summed E-state index contributed by atoms with van der Waals surface area (Å²) >= 11 is 0. The summed E-state index contributed by atoms with van der Waals surface area (Å²) in [5.74, 6) is -1.10. The van der Waals surface area contributed by atoms with E-state index in [1.807, 2.05) is 20.8 Å². The Hall–Kier alpha value is -1.10. The molecule has 0 bridgehead atoms. The molecule has 0 aromatic carbocycles. The Morgan fingerprint density at radius 1 is 1.19 bits per heavy atom. The molecule has 0 aliphatic carbocycles. The number of rotatable bonds is 4. The van der Waals surface area contributed by atoms with Gasteiger partial charge in [0.25, 0.3) is 0 Å². The fourth-order valence-electron chi connectivity index (χ4n) is 1.17. The summed E-state index contributed by atoms with van der Waals surface area (Å²) in [7, 11) is 1.63. The van der Waals surface area contributed by atoms with Crippen LogP contribution in [-0.2, 0) is 9.59 Å². The molecule has 16 heavy (non-hydrogen) atoms. The molecule has 0 rings (SSSR count). The SMILES string of the molecule is CC(C(=O)O)N(C)C(C)C(=O)NC(C)(C)C. The van der Waals surface area contributed by atoms with E-state index in [4.69, 9.17) is 5.11 Å². The number of nitrogens with one attached hydrogen (secondary N) is 1. The summed E-state index contributed by atoms with van der Waals surface area (Å²) < 4.78 is 0. The molecular weight excluding hydrogens is 208 g/mol. The first-order valence-corrected chi connectivity index (χ1v) is 5.33. The monoisotopic (exact) mass is 230 g/mol. The Morgan fingerprint density at radius 2 is 1.62 bits per heavy atom. The molecule has 0 saturated heterocycles. The number of carboxylic acids is 1. The maximum atomic E-state index is 11.8. The van der Waals surface area contributed by atoms with Crippen molar-refractivity contribution in [1.29, 1.82) is 0 Å². The Bertz CT molecular complexity index is 271. The molecular formula is C11H22N2O3. The molecule has 5 heteroatoms. The average Bonchev–Trinajstić information content (AvgIpc) is 2.11. The van der Waals surface area contributed by atoms with Crippen molar-refractivity contribution in [2.24, 2.45) is 0 Å². The fourth-order valence-corrected chi connectivity index (χ4v) is 1.17. The molecule has 94 valence electrons. The molecule has 0 fully saturated rings. The van der Waals surface area contributed by atoms with Gasteiger partial charge >= 0.3 is 5.97 Å². The van der Waals surface area contributed by atoms with Gasteiger partial charge in [-0.05, 0) is 41.7 Å². The van der Waals surface area contributed by atoms with E-state index < -0.39 is 18.1 Å². The highest BCUT2D eigenvalue weighted by molar-refractivity contribution is 5.83. The van der Waals surface area contributed by atoms with Gasteiger partial charge in [0.1, 0.15) is 6.04 Å². The van der Waals surface area contributed by atoms with Crippen molar-refractivity contribution in [3.8, 4) is 0 Å². The summed E-state index contributed by atoms with van der Waals surface area (Å²) in [5, 5.41) is 11.7. The lowest BCUT2D eigenvalue weighted by molar-refractivity contribution is -0.144. The number of nitrogens with zero attached hydrogens (tertiary/aromatic N) is 1. The highest BCUT2D eigenvalue weighted by Gasteiger charge is 2.27. The Balaban J connectivity index is 4.50. The van der Waals surface area contributed by atoms with Crippen molar-refractivity contribution in [3.63, 3.8) is 0 Å². The average molecular weight is 230 g/mol. The first-order chi connectivity index (χ1) is 7.06. The number of hydrogen-bond donors (Lipinski definition) is 2. The molecule has 0 spiro atoms. The van der Waals surface area contributed by atoms with E-state index in [1.54, 1.807) is 20.9 Å². The van der Waals surface area contributed by atoms with Crippen molar-refractivity contribution >= 4 is 11.9 Å². The molecule has 0 aliphatic rings. The predicted molar refractivity (Wildman–Crippen MR) is 62.2 cm³/mol. The third-order valence-corrected chi connectivity index (χ3v) is 2.46. The Morgan fingerprint density at radius 3 is 1.94 bits per heavy atom. The van der Waals surface area contributed by atoms with Gasteiger partial charge in [-0.25, -0.2) is 0 Å². The molecule has 5 nitrogen and oxygen atoms in total. The number of aliphatic carboxylic acids is 1. The Kier molecular flexibility index (Phi) is 4.93. The molecule has 0 aromatic heterocycles. The second-order valence-electron chi connectivity index (χ2n) is 5.09. The van der Waals surface area contributed by atoms with Crippen molar-refractivity contribution < 1.29 is 14.7 Å². The molecule has 0 aromatic rings. The first kappa shape index (κ1) is 14.9. The van der Waals surface area contributed by atoms with Gasteiger partial charge in [0.05, 0.1) is 6.04 Å². The molecule has 0 radical (unpaired) electrons. The van der Waals surface area contributed by atoms with Gasteiger partial charge in [0, 0.05) is 5.54 Å². The number of carbonyl (C=O) groups excluding carboxylic acids is 1. The maximum absolute atomic E-state index is 11.8. The third kappa shape index (κ3) is 4.61. The smallest absolute Gasteiger partial charge is 0.320 e. The number of likely N-dealkylation sites (N-methyl/N-ethyl adjacent to an activating group) is 1. The van der Waals surface area contributed by atoms with Crippen LogP contribution >= 0.6 is 0 Å². The van der Waals surface area contributed by atoms with Crippen LogP contribution in [0.25, 0.3) is 0 Å². The molecule has 0 aliphatic heterocycles. The van der Waals surface area contributed by atoms with Gasteiger partial charge in [0.15, 0.2) is 0 Å². The van der Waals surface area contributed by atoms with E-state index in [-0.39, 0.29) is 11.4 Å². The summed E-state index contributed by atoms with van der Waals surface area (Å²) in [6.07, 6.45) is 0. The molecule has 0 saturated carbocycles. The van der Waals surface area contributed by atoms with Crippen LogP contribution in [0.1, 0.15) is 34.6 Å². The van der Waals surface area contributed by atoms with Crippen LogP contribution < -0.4 is 5.32 Å². The van der Waals surface area contributed by atoms with Crippen molar-refractivity contribution in [1.82, 2.24) is 10.2 Å². The number of carboxylic acid groups (broad SMARTS) is 1. The van der Waals surface area contributed by atoms with Gasteiger partial charge in [0.2, 0.25) is 5.91 Å². The van der Waals surface area contributed by atoms with Crippen LogP contribution in [-0.4, -0.2) is 46.6 Å². The van der Waals surface area contributed by atoms with E-state index in [0.29, 0.717) is 0 Å². The zero-order chi connectivity index (χ0) is 13.1. The molecule has 1 amide bonds. The van der Waals surface area contributed by atoms with E-state index in [2.05, 4.69) is 5.32 Å². The Labute approximate surface area is 96.8 Å². The first-order valence-electron chi connectivity index (χ1n) is 5.33. The van der Waals surface area contributed by atoms with Crippen LogP contribution in [0.4, 0.5) is 0 Å². The number of carbonyl (C=O) groups is 2. The maximum Gasteiger partial charge on any atom is 0.320 e. The quantitative estimate of drug-likeness (QED) is 0.745. The normalized spacial score (nSPS) is 15.7. The largest absolute Gasteiger partial charge is 0.480 e. The summed E-state index contributed by atoms with van der Waals surface area (Å²) in [5.41, 5.74) is -0.307. The third-order valence-electron chi connectivity index (χ3n) is 2.46. The molecule has 2 unspecified atom stereocenters. The lowest BCUT2D eigenvalue weighted by Gasteiger charge is -2.30. The van der Waals surface area contributed by atoms with Crippen LogP contribution in [0, 0.1) is 0 Å². The highest BCUT2D eigenvalue weighted by atomic mass is 16.4. The molecule has 0 heterocycles. The molecule has 2 atom stereocenters. The van der Waals surface area contributed by atoms with Crippen molar-refractivity contribution in [3.05, 3.63) is 0 Å². The van der Waals surface area contributed by atoms with Crippen LogP contribution in [0.15, 0.2) is 0 Å². The second kappa shape index (κ2) is 5.30. The summed E-state index contributed by atoms with van der Waals surface area (Å²) in [6, 6.07) is -1.15. The lowest BCUT2D eigenvalue weighted by Crippen LogP contribution is -2.53. The molecule has 2 N–H and O–H groups in total. The topological polar surface area (TPSA) is 69.6 Å². The zero-order valence-electron chi connectivity index (χ0n) is 10.9. The van der Waals surface area contributed by atoms with Gasteiger partial charge in [-0.15, -0.1) is 0 Å². The van der Waals surface area contributed by atoms with Crippen LogP contribution in [0.5, 0.6) is 0 Å². The highest BCUT2D eigenvalue weighted by Crippen LogP contribution is 2.06. The van der Waals surface area contributed by atoms with E-state index in [9.17, 15) is 9.59 Å².